The topological polar surface area (TPSA) is 107 Å². The Balaban J connectivity index is 1.32. The molecule has 4 aromatic rings. The number of nitrogens with zero attached hydrogens (tertiary/aromatic N) is 3. The zero-order valence-electron chi connectivity index (χ0n) is 19.3. The lowest BCUT2D eigenvalue weighted by atomic mass is 10.1. The number of pyridine rings is 1. The van der Waals surface area contributed by atoms with Gasteiger partial charge in [-0.05, 0) is 48.9 Å². The number of aryl methyl sites for hydroxylation is 1. The van der Waals surface area contributed by atoms with Crippen molar-refractivity contribution in [1.29, 1.82) is 0 Å². The van der Waals surface area contributed by atoms with E-state index in [9.17, 15) is 4.79 Å². The van der Waals surface area contributed by atoms with Crippen LogP contribution in [0.3, 0.4) is 0 Å². The Morgan fingerprint density at radius 1 is 0.971 bits per heavy atom. The quantitative estimate of drug-likeness (QED) is 0.230. The fourth-order valence-corrected chi connectivity index (χ4v) is 3.26. The second-order valence-electron chi connectivity index (χ2n) is 7.74. The smallest absolute Gasteiger partial charge is 0.303 e. The molecule has 0 aliphatic carbocycles. The Morgan fingerprint density at radius 2 is 1.74 bits per heavy atom. The van der Waals surface area contributed by atoms with Gasteiger partial charge < -0.3 is 19.1 Å². The first-order chi connectivity index (χ1) is 17.1. The number of hydrogen-bond acceptors (Lipinski definition) is 7. The van der Waals surface area contributed by atoms with Gasteiger partial charge in [0, 0.05) is 18.2 Å². The molecule has 1 N–H and O–H groups in total. The van der Waals surface area contributed by atoms with E-state index >= 15 is 0 Å². The van der Waals surface area contributed by atoms with Gasteiger partial charge in [-0.1, -0.05) is 41.6 Å². The number of hydrogen-bond donors (Lipinski definition) is 1. The Bertz CT molecular complexity index is 1270. The van der Waals surface area contributed by atoms with Crippen LogP contribution in [0.4, 0.5) is 0 Å². The molecule has 0 saturated carbocycles. The van der Waals surface area contributed by atoms with Gasteiger partial charge in [0.2, 0.25) is 5.89 Å². The highest BCUT2D eigenvalue weighted by Gasteiger charge is 2.12. The molecule has 0 atom stereocenters. The summed E-state index contributed by atoms with van der Waals surface area (Å²) in [5.74, 6) is 1.08. The van der Waals surface area contributed by atoms with Crippen molar-refractivity contribution in [1.82, 2.24) is 9.97 Å². The summed E-state index contributed by atoms with van der Waals surface area (Å²) in [5.41, 5.74) is 3.64. The number of aromatic nitrogens is 2. The monoisotopic (exact) mass is 471 g/mol. The largest absolute Gasteiger partial charge is 0.487 e. The maximum atomic E-state index is 11.0. The number of benzene rings is 2. The Labute approximate surface area is 202 Å². The summed E-state index contributed by atoms with van der Waals surface area (Å²) in [5, 5.41) is 13.1. The Kier molecular flexibility index (Phi) is 7.85. The maximum absolute atomic E-state index is 11.0. The lowest BCUT2D eigenvalue weighted by Gasteiger charge is -2.07. The van der Waals surface area contributed by atoms with Gasteiger partial charge in [-0.3, -0.25) is 9.78 Å². The van der Waals surface area contributed by atoms with Crippen LogP contribution in [0.1, 0.15) is 35.6 Å². The lowest BCUT2D eigenvalue weighted by molar-refractivity contribution is -0.136. The summed E-state index contributed by atoms with van der Waals surface area (Å²) < 4.78 is 11.7. The van der Waals surface area contributed by atoms with E-state index in [-0.39, 0.29) is 19.4 Å². The first-order valence-electron chi connectivity index (χ1n) is 11.1. The van der Waals surface area contributed by atoms with Gasteiger partial charge in [-0.25, -0.2) is 4.98 Å². The molecule has 178 valence electrons. The Hall–Kier alpha value is -4.46. The van der Waals surface area contributed by atoms with Crippen molar-refractivity contribution in [2.75, 3.05) is 0 Å². The highest BCUT2D eigenvalue weighted by Crippen LogP contribution is 2.23. The van der Waals surface area contributed by atoms with E-state index in [4.69, 9.17) is 19.1 Å². The average Bonchev–Trinajstić information content (AvgIpc) is 3.27. The van der Waals surface area contributed by atoms with Crippen molar-refractivity contribution < 1.29 is 23.9 Å². The molecular weight excluding hydrogens is 446 g/mol. The van der Waals surface area contributed by atoms with Gasteiger partial charge >= 0.3 is 5.97 Å². The highest BCUT2D eigenvalue weighted by atomic mass is 16.6. The molecule has 0 fully saturated rings. The van der Waals surface area contributed by atoms with Crippen molar-refractivity contribution in [3.05, 3.63) is 102 Å². The molecule has 8 nitrogen and oxygen atoms in total. The maximum Gasteiger partial charge on any atom is 0.303 e. The standard InChI is InChI=1S/C27H25N3O5/c1-19-25(29-27(35-19)21-7-3-2-4-8-21)18-33-22-12-10-20(11-13-22)17-34-30-24(14-15-26(31)32)23-9-5-6-16-28-23/h2-13,16H,14-15,17-18H2,1H3,(H,31,32)/b30-24-. The van der Waals surface area contributed by atoms with E-state index in [1.807, 2.05) is 67.6 Å². The molecule has 0 amide bonds. The van der Waals surface area contributed by atoms with Crippen LogP contribution in [0.5, 0.6) is 5.75 Å². The van der Waals surface area contributed by atoms with E-state index in [1.54, 1.807) is 18.3 Å². The van der Waals surface area contributed by atoms with E-state index in [1.165, 1.54) is 0 Å². The fourth-order valence-electron chi connectivity index (χ4n) is 3.26. The molecule has 0 aliphatic heterocycles. The highest BCUT2D eigenvalue weighted by molar-refractivity contribution is 5.99. The minimum atomic E-state index is -0.902. The van der Waals surface area contributed by atoms with Gasteiger partial charge in [0.1, 0.15) is 36.1 Å². The predicted molar refractivity (Wildman–Crippen MR) is 130 cm³/mol. The summed E-state index contributed by atoms with van der Waals surface area (Å²) >= 11 is 0. The molecule has 35 heavy (non-hydrogen) atoms. The zero-order valence-corrected chi connectivity index (χ0v) is 19.3. The van der Waals surface area contributed by atoms with E-state index in [0.717, 1.165) is 22.6 Å². The summed E-state index contributed by atoms with van der Waals surface area (Å²) in [6, 6.07) is 22.6. The van der Waals surface area contributed by atoms with Crippen LogP contribution in [0.25, 0.3) is 11.5 Å². The van der Waals surface area contributed by atoms with Crippen LogP contribution in [0.15, 0.2) is 88.6 Å². The molecule has 0 spiro atoms. The van der Waals surface area contributed by atoms with Gasteiger partial charge in [0.25, 0.3) is 0 Å². The lowest BCUT2D eigenvalue weighted by Crippen LogP contribution is -2.08. The number of carboxylic acids is 1. The first kappa shape index (κ1) is 23.7. The molecule has 0 radical (unpaired) electrons. The first-order valence-corrected chi connectivity index (χ1v) is 11.1. The summed E-state index contributed by atoms with van der Waals surface area (Å²) in [7, 11) is 0. The second kappa shape index (κ2) is 11.6. The van der Waals surface area contributed by atoms with E-state index in [0.29, 0.717) is 29.7 Å². The molecule has 0 unspecified atom stereocenters. The summed E-state index contributed by atoms with van der Waals surface area (Å²) in [4.78, 5) is 25.2. The predicted octanol–water partition coefficient (Wildman–Crippen LogP) is 5.41. The van der Waals surface area contributed by atoms with Crippen LogP contribution >= 0.6 is 0 Å². The van der Waals surface area contributed by atoms with Crippen molar-refractivity contribution >= 4 is 11.7 Å². The van der Waals surface area contributed by atoms with Crippen LogP contribution in [-0.4, -0.2) is 26.8 Å². The summed E-state index contributed by atoms with van der Waals surface area (Å²) in [6.45, 7) is 2.39. The van der Waals surface area contributed by atoms with Crippen LogP contribution in [0.2, 0.25) is 0 Å². The van der Waals surface area contributed by atoms with Gasteiger partial charge in [0.15, 0.2) is 0 Å². The molecule has 8 heteroatoms. The molecular formula is C27H25N3O5. The van der Waals surface area contributed by atoms with Crippen LogP contribution < -0.4 is 4.74 Å². The normalized spacial score (nSPS) is 11.3. The molecule has 0 bridgehead atoms. The number of oxime groups is 1. The van der Waals surface area contributed by atoms with Crippen molar-refractivity contribution in [2.24, 2.45) is 5.16 Å². The molecule has 2 heterocycles. The molecule has 2 aromatic heterocycles. The molecule has 4 rings (SSSR count). The third-order valence-electron chi connectivity index (χ3n) is 5.15. The van der Waals surface area contributed by atoms with E-state index in [2.05, 4.69) is 15.1 Å². The van der Waals surface area contributed by atoms with Crippen molar-refractivity contribution in [3.63, 3.8) is 0 Å². The number of rotatable bonds is 11. The van der Waals surface area contributed by atoms with Crippen molar-refractivity contribution in [3.8, 4) is 17.2 Å². The van der Waals surface area contributed by atoms with Crippen molar-refractivity contribution in [2.45, 2.75) is 33.0 Å². The second-order valence-corrected chi connectivity index (χ2v) is 7.74. The fraction of sp³-hybridized carbons (Fsp3) is 0.185. The third-order valence-corrected chi connectivity index (χ3v) is 5.15. The third kappa shape index (κ3) is 6.77. The minimum absolute atomic E-state index is 0.0529. The molecule has 2 aromatic carbocycles. The summed E-state index contributed by atoms with van der Waals surface area (Å²) in [6.07, 6.45) is 1.81. The zero-order chi connectivity index (χ0) is 24.5. The van der Waals surface area contributed by atoms with Gasteiger partial charge in [-0.15, -0.1) is 0 Å². The average molecular weight is 472 g/mol. The minimum Gasteiger partial charge on any atom is -0.487 e. The number of aliphatic carboxylic acids is 1. The molecule has 0 aliphatic rings. The number of carboxylic acid groups (broad SMARTS) is 1. The number of carbonyl (C=O) groups is 1. The number of oxazole rings is 1. The molecule has 0 saturated heterocycles. The SMILES string of the molecule is Cc1oc(-c2ccccc2)nc1COc1ccc(CO/N=C(/CCC(=O)O)c2ccccn2)cc1. The van der Waals surface area contributed by atoms with Crippen LogP contribution in [0, 0.1) is 6.92 Å². The Morgan fingerprint density at radius 3 is 2.46 bits per heavy atom. The van der Waals surface area contributed by atoms with Crippen LogP contribution in [-0.2, 0) is 22.8 Å². The van der Waals surface area contributed by atoms with Gasteiger partial charge in [0.05, 0.1) is 12.1 Å². The van der Waals surface area contributed by atoms with E-state index < -0.39 is 5.97 Å². The van der Waals surface area contributed by atoms with Gasteiger partial charge in [-0.2, -0.15) is 0 Å². The number of ether oxygens (including phenoxy) is 1.